The van der Waals surface area contributed by atoms with E-state index in [1.54, 1.807) is 11.8 Å². The van der Waals surface area contributed by atoms with Crippen molar-refractivity contribution < 1.29 is 9.59 Å². The molecule has 1 N–H and O–H groups in total. The molecular formula is C15H21NO2S. The van der Waals surface area contributed by atoms with Gasteiger partial charge in [-0.1, -0.05) is 19.9 Å². The number of rotatable bonds is 7. The first kappa shape index (κ1) is 15.8. The lowest BCUT2D eigenvalue weighted by atomic mass is 10.1. The molecule has 0 aromatic heterocycles. The number of anilines is 1. The van der Waals surface area contributed by atoms with Gasteiger partial charge in [-0.15, -0.1) is 11.8 Å². The van der Waals surface area contributed by atoms with Gasteiger partial charge in [0, 0.05) is 35.6 Å². The first-order valence-electron chi connectivity index (χ1n) is 6.57. The summed E-state index contributed by atoms with van der Waals surface area (Å²) in [4.78, 5) is 23.7. The molecule has 104 valence electrons. The topological polar surface area (TPSA) is 46.2 Å². The van der Waals surface area contributed by atoms with Crippen molar-refractivity contribution in [3.8, 4) is 0 Å². The second-order valence-corrected chi connectivity index (χ2v) is 6.14. The summed E-state index contributed by atoms with van der Waals surface area (Å²) < 4.78 is 0. The summed E-state index contributed by atoms with van der Waals surface area (Å²) in [6, 6.07) is 7.70. The van der Waals surface area contributed by atoms with Gasteiger partial charge in [-0.25, -0.2) is 0 Å². The Balaban J connectivity index is 2.56. The molecule has 0 fully saturated rings. The number of benzene rings is 1. The van der Waals surface area contributed by atoms with Gasteiger partial charge in [0.2, 0.25) is 5.91 Å². The Morgan fingerprint density at radius 2 is 2.11 bits per heavy atom. The Bertz CT molecular complexity index is 446. The van der Waals surface area contributed by atoms with E-state index < -0.39 is 0 Å². The molecule has 0 aliphatic rings. The minimum atomic E-state index is -0.0756. The van der Waals surface area contributed by atoms with Gasteiger partial charge in [0.1, 0.15) is 5.78 Å². The fraction of sp³-hybridized carbons (Fsp3) is 0.467. The molecule has 4 heteroatoms. The minimum Gasteiger partial charge on any atom is -0.326 e. The van der Waals surface area contributed by atoms with Crippen molar-refractivity contribution >= 4 is 29.1 Å². The van der Waals surface area contributed by atoms with Crippen molar-refractivity contribution in [1.29, 1.82) is 0 Å². The molecule has 0 radical (unpaired) electrons. The summed E-state index contributed by atoms with van der Waals surface area (Å²) in [6.45, 7) is 5.57. The molecule has 0 aliphatic carbocycles. The van der Waals surface area contributed by atoms with Crippen LogP contribution >= 0.6 is 11.8 Å². The van der Waals surface area contributed by atoms with Crippen LogP contribution in [0.15, 0.2) is 29.2 Å². The Hall–Kier alpha value is -1.29. The zero-order valence-corrected chi connectivity index (χ0v) is 12.5. The molecule has 1 aromatic carbocycles. The van der Waals surface area contributed by atoms with E-state index >= 15 is 0 Å². The van der Waals surface area contributed by atoms with E-state index in [1.807, 2.05) is 31.2 Å². The number of carbonyl (C=O) groups is 2. The Morgan fingerprint density at radius 3 is 2.74 bits per heavy atom. The Morgan fingerprint density at radius 1 is 1.37 bits per heavy atom. The largest absolute Gasteiger partial charge is 0.326 e. The van der Waals surface area contributed by atoms with Gasteiger partial charge in [-0.05, 0) is 24.6 Å². The maximum absolute atomic E-state index is 11.6. The normalized spacial score (nSPS) is 11.9. The monoisotopic (exact) mass is 279 g/mol. The van der Waals surface area contributed by atoms with Gasteiger partial charge in [0.05, 0.1) is 0 Å². The highest BCUT2D eigenvalue weighted by molar-refractivity contribution is 8.00. The van der Waals surface area contributed by atoms with Gasteiger partial charge < -0.3 is 5.32 Å². The average Bonchev–Trinajstić information content (AvgIpc) is 2.28. The van der Waals surface area contributed by atoms with Crippen LogP contribution in [0.2, 0.25) is 0 Å². The molecule has 0 heterocycles. The summed E-state index contributed by atoms with van der Waals surface area (Å²) in [7, 11) is 0. The van der Waals surface area contributed by atoms with Crippen LogP contribution in [0.5, 0.6) is 0 Å². The van der Waals surface area contributed by atoms with Crippen molar-refractivity contribution in [2.75, 3.05) is 5.32 Å². The number of carbonyl (C=O) groups excluding carboxylic acids is 2. The van der Waals surface area contributed by atoms with Crippen molar-refractivity contribution in [3.63, 3.8) is 0 Å². The number of hydrogen-bond acceptors (Lipinski definition) is 3. The second kappa shape index (κ2) is 8.00. The molecule has 1 aromatic rings. The maximum Gasteiger partial charge on any atom is 0.221 e. The lowest BCUT2D eigenvalue weighted by Gasteiger charge is -2.11. The molecule has 0 bridgehead atoms. The standard InChI is InChI=1S/C15H21NO2S/c1-4-6-14(18)9-11(2)19-15-8-5-7-13(10-15)16-12(3)17/h5,7-8,10-11H,4,6,9H2,1-3H3,(H,16,17). The molecule has 19 heavy (non-hydrogen) atoms. The van der Waals surface area contributed by atoms with Crippen molar-refractivity contribution in [2.24, 2.45) is 0 Å². The van der Waals surface area contributed by atoms with E-state index in [1.165, 1.54) is 6.92 Å². The van der Waals surface area contributed by atoms with E-state index in [-0.39, 0.29) is 11.2 Å². The average molecular weight is 279 g/mol. The highest BCUT2D eigenvalue weighted by Crippen LogP contribution is 2.27. The Labute approximate surface area is 119 Å². The van der Waals surface area contributed by atoms with Crippen LogP contribution in [-0.4, -0.2) is 16.9 Å². The predicted molar refractivity (Wildman–Crippen MR) is 80.6 cm³/mol. The zero-order chi connectivity index (χ0) is 14.3. The molecule has 1 rings (SSSR count). The third-order valence-corrected chi connectivity index (χ3v) is 3.63. The van der Waals surface area contributed by atoms with E-state index in [9.17, 15) is 9.59 Å². The summed E-state index contributed by atoms with van der Waals surface area (Å²) in [5.41, 5.74) is 0.796. The quantitative estimate of drug-likeness (QED) is 0.770. The summed E-state index contributed by atoms with van der Waals surface area (Å²) in [6.07, 6.45) is 2.17. The number of nitrogens with one attached hydrogen (secondary N) is 1. The Kier molecular flexibility index (Phi) is 6.64. The van der Waals surface area contributed by atoms with Crippen molar-refractivity contribution in [3.05, 3.63) is 24.3 Å². The van der Waals surface area contributed by atoms with Crippen molar-refractivity contribution in [2.45, 2.75) is 50.2 Å². The van der Waals surface area contributed by atoms with E-state index in [4.69, 9.17) is 0 Å². The fourth-order valence-electron chi connectivity index (χ4n) is 1.83. The lowest BCUT2D eigenvalue weighted by molar-refractivity contribution is -0.119. The number of amides is 1. The first-order valence-corrected chi connectivity index (χ1v) is 7.45. The summed E-state index contributed by atoms with van der Waals surface area (Å²) >= 11 is 1.67. The van der Waals surface area contributed by atoms with Crippen LogP contribution in [0.4, 0.5) is 5.69 Å². The summed E-state index contributed by atoms with van der Waals surface area (Å²) in [5.74, 6) is 0.244. The van der Waals surface area contributed by atoms with Crippen LogP contribution in [0, 0.1) is 0 Å². The number of thioether (sulfide) groups is 1. The van der Waals surface area contributed by atoms with Crippen molar-refractivity contribution in [1.82, 2.24) is 0 Å². The molecule has 1 unspecified atom stereocenters. The minimum absolute atomic E-state index is 0.0756. The maximum atomic E-state index is 11.6. The van der Waals surface area contributed by atoms with Crippen LogP contribution in [0.1, 0.15) is 40.0 Å². The molecule has 1 atom stereocenters. The molecular weight excluding hydrogens is 258 g/mol. The molecule has 1 amide bonds. The van der Waals surface area contributed by atoms with Gasteiger partial charge in [-0.2, -0.15) is 0 Å². The third kappa shape index (κ3) is 6.43. The number of ketones is 1. The lowest BCUT2D eigenvalue weighted by Crippen LogP contribution is -2.07. The molecule has 0 saturated carbocycles. The molecule has 3 nitrogen and oxygen atoms in total. The van der Waals surface area contributed by atoms with E-state index in [0.717, 1.165) is 17.0 Å². The third-order valence-electron chi connectivity index (χ3n) is 2.54. The van der Waals surface area contributed by atoms with Gasteiger partial charge in [-0.3, -0.25) is 9.59 Å². The van der Waals surface area contributed by atoms with Gasteiger partial charge in [0.15, 0.2) is 0 Å². The van der Waals surface area contributed by atoms with Crippen LogP contribution < -0.4 is 5.32 Å². The second-order valence-electron chi connectivity index (χ2n) is 4.63. The first-order chi connectivity index (χ1) is 9.01. The SMILES string of the molecule is CCCC(=O)CC(C)Sc1cccc(NC(C)=O)c1. The van der Waals surface area contributed by atoms with Gasteiger partial charge in [0.25, 0.3) is 0 Å². The van der Waals surface area contributed by atoms with E-state index in [0.29, 0.717) is 18.6 Å². The fourth-order valence-corrected chi connectivity index (χ4v) is 2.91. The molecule has 0 saturated heterocycles. The van der Waals surface area contributed by atoms with Crippen LogP contribution in [0.25, 0.3) is 0 Å². The predicted octanol–water partition coefficient (Wildman–Crippen LogP) is 3.88. The van der Waals surface area contributed by atoms with E-state index in [2.05, 4.69) is 12.2 Å². The molecule has 0 spiro atoms. The highest BCUT2D eigenvalue weighted by Gasteiger charge is 2.10. The van der Waals surface area contributed by atoms with Crippen LogP contribution in [0.3, 0.4) is 0 Å². The highest BCUT2D eigenvalue weighted by atomic mass is 32.2. The smallest absolute Gasteiger partial charge is 0.221 e. The number of hydrogen-bond donors (Lipinski definition) is 1. The summed E-state index contributed by atoms with van der Waals surface area (Å²) in [5, 5.41) is 3.02. The van der Waals surface area contributed by atoms with Gasteiger partial charge >= 0.3 is 0 Å². The van der Waals surface area contributed by atoms with Crippen LogP contribution in [-0.2, 0) is 9.59 Å². The molecule has 0 aliphatic heterocycles. The zero-order valence-electron chi connectivity index (χ0n) is 11.7. The number of Topliss-reactive ketones (excluding diaryl/α,β-unsaturated/α-hetero) is 1.